The SMILES string of the molecule is Cc1ccccc1C(=O)NC(=S)Nc1ccc(-c2ccc(CO)o2)c(C)c1. The Bertz CT molecular complexity index is 995. The average Bonchev–Trinajstić information content (AvgIpc) is 3.11. The summed E-state index contributed by atoms with van der Waals surface area (Å²) in [6, 6.07) is 16.6. The second kappa shape index (κ2) is 8.16. The van der Waals surface area contributed by atoms with Crippen LogP contribution in [0.4, 0.5) is 5.69 Å². The molecule has 0 aliphatic rings. The minimum Gasteiger partial charge on any atom is -0.459 e. The zero-order valence-electron chi connectivity index (χ0n) is 15.1. The minimum atomic E-state index is -0.244. The van der Waals surface area contributed by atoms with Gasteiger partial charge >= 0.3 is 0 Å². The van der Waals surface area contributed by atoms with Crippen molar-refractivity contribution in [1.29, 1.82) is 0 Å². The van der Waals surface area contributed by atoms with Crippen LogP contribution in [0.25, 0.3) is 11.3 Å². The third-order valence-corrected chi connectivity index (χ3v) is 4.39. The molecule has 1 aromatic heterocycles. The Labute approximate surface area is 163 Å². The van der Waals surface area contributed by atoms with Crippen molar-refractivity contribution in [1.82, 2.24) is 5.32 Å². The number of aliphatic hydroxyl groups excluding tert-OH is 1. The number of nitrogens with one attached hydrogen (secondary N) is 2. The van der Waals surface area contributed by atoms with E-state index in [-0.39, 0.29) is 17.6 Å². The highest BCUT2D eigenvalue weighted by molar-refractivity contribution is 7.80. The molecular formula is C21H20N2O3S. The van der Waals surface area contributed by atoms with Gasteiger partial charge in [-0.15, -0.1) is 0 Å². The summed E-state index contributed by atoms with van der Waals surface area (Å²) in [5.74, 6) is 0.969. The van der Waals surface area contributed by atoms with Crippen molar-refractivity contribution in [2.45, 2.75) is 20.5 Å². The highest BCUT2D eigenvalue weighted by Gasteiger charge is 2.11. The van der Waals surface area contributed by atoms with Crippen molar-refractivity contribution >= 4 is 28.9 Å². The number of rotatable bonds is 4. The van der Waals surface area contributed by atoms with Gasteiger partial charge in [0.2, 0.25) is 0 Å². The number of aryl methyl sites for hydroxylation is 2. The van der Waals surface area contributed by atoms with Crippen molar-refractivity contribution in [3.05, 3.63) is 77.0 Å². The Hall–Kier alpha value is -2.96. The maximum Gasteiger partial charge on any atom is 0.257 e. The van der Waals surface area contributed by atoms with Crippen LogP contribution in [0.5, 0.6) is 0 Å². The topological polar surface area (TPSA) is 74.5 Å². The summed E-state index contributed by atoms with van der Waals surface area (Å²) in [6.45, 7) is 3.70. The predicted octanol–water partition coefficient (Wildman–Crippen LogP) is 4.18. The Morgan fingerprint density at radius 1 is 1.07 bits per heavy atom. The van der Waals surface area contributed by atoms with Gasteiger partial charge in [0.15, 0.2) is 5.11 Å². The monoisotopic (exact) mass is 380 g/mol. The van der Waals surface area contributed by atoms with E-state index < -0.39 is 0 Å². The molecule has 0 spiro atoms. The maximum absolute atomic E-state index is 12.3. The summed E-state index contributed by atoms with van der Waals surface area (Å²) >= 11 is 5.25. The average molecular weight is 380 g/mol. The molecule has 0 bridgehead atoms. The molecule has 3 N–H and O–H groups in total. The molecule has 5 nitrogen and oxygen atoms in total. The van der Waals surface area contributed by atoms with Gasteiger partial charge in [-0.05, 0) is 73.6 Å². The lowest BCUT2D eigenvalue weighted by atomic mass is 10.1. The van der Waals surface area contributed by atoms with Crippen molar-refractivity contribution in [3.63, 3.8) is 0 Å². The second-order valence-corrected chi connectivity index (χ2v) is 6.59. The largest absolute Gasteiger partial charge is 0.459 e. The summed E-state index contributed by atoms with van der Waals surface area (Å²) < 4.78 is 5.58. The summed E-state index contributed by atoms with van der Waals surface area (Å²) in [4.78, 5) is 12.3. The molecule has 0 aliphatic heterocycles. The van der Waals surface area contributed by atoms with Crippen LogP contribution >= 0.6 is 12.2 Å². The van der Waals surface area contributed by atoms with E-state index >= 15 is 0 Å². The van der Waals surface area contributed by atoms with Crippen molar-refractivity contribution < 1.29 is 14.3 Å². The summed E-state index contributed by atoms with van der Waals surface area (Å²) in [7, 11) is 0. The lowest BCUT2D eigenvalue weighted by Crippen LogP contribution is -2.34. The Balaban J connectivity index is 1.68. The van der Waals surface area contributed by atoms with Crippen molar-refractivity contribution in [2.24, 2.45) is 0 Å². The lowest BCUT2D eigenvalue weighted by molar-refractivity contribution is 0.0977. The number of hydrogen-bond acceptors (Lipinski definition) is 4. The van der Waals surface area contributed by atoms with E-state index in [1.165, 1.54) is 0 Å². The molecule has 0 radical (unpaired) electrons. The van der Waals surface area contributed by atoms with E-state index in [4.69, 9.17) is 21.7 Å². The maximum atomic E-state index is 12.3. The molecule has 0 fully saturated rings. The Kier molecular flexibility index (Phi) is 5.69. The number of furan rings is 1. The van der Waals surface area contributed by atoms with Crippen molar-refractivity contribution in [3.8, 4) is 11.3 Å². The van der Waals surface area contributed by atoms with Gasteiger partial charge in [0.1, 0.15) is 18.1 Å². The van der Waals surface area contributed by atoms with Crippen LogP contribution in [0.15, 0.2) is 59.0 Å². The molecule has 3 rings (SSSR count). The van der Waals surface area contributed by atoms with Gasteiger partial charge in [0.25, 0.3) is 5.91 Å². The predicted molar refractivity (Wildman–Crippen MR) is 110 cm³/mol. The first-order valence-corrected chi connectivity index (χ1v) is 8.87. The Morgan fingerprint density at radius 3 is 2.52 bits per heavy atom. The Morgan fingerprint density at radius 2 is 1.85 bits per heavy atom. The third-order valence-electron chi connectivity index (χ3n) is 4.18. The molecule has 138 valence electrons. The van der Waals surface area contributed by atoms with Crippen LogP contribution in [-0.4, -0.2) is 16.1 Å². The van der Waals surface area contributed by atoms with Crippen LogP contribution in [0, 0.1) is 13.8 Å². The van der Waals surface area contributed by atoms with E-state index in [0.717, 1.165) is 22.4 Å². The van der Waals surface area contributed by atoms with Gasteiger partial charge < -0.3 is 14.8 Å². The number of anilines is 1. The fourth-order valence-corrected chi connectivity index (χ4v) is 3.00. The molecule has 2 aromatic carbocycles. The lowest BCUT2D eigenvalue weighted by Gasteiger charge is -2.12. The quantitative estimate of drug-likeness (QED) is 0.592. The molecule has 0 atom stereocenters. The summed E-state index contributed by atoms with van der Waals surface area (Å²) in [6.07, 6.45) is 0. The third kappa shape index (κ3) is 4.42. The van der Waals surface area contributed by atoms with E-state index in [1.54, 1.807) is 12.1 Å². The fraction of sp³-hybridized carbons (Fsp3) is 0.143. The van der Waals surface area contributed by atoms with Gasteiger partial charge in [-0.25, -0.2) is 0 Å². The molecule has 1 amide bonds. The molecule has 1 heterocycles. The van der Waals surface area contributed by atoms with Crippen LogP contribution in [0.1, 0.15) is 27.2 Å². The van der Waals surface area contributed by atoms with Gasteiger partial charge in [-0.3, -0.25) is 10.1 Å². The number of carbonyl (C=O) groups excluding carboxylic acids is 1. The van der Waals surface area contributed by atoms with Gasteiger partial charge in [0.05, 0.1) is 0 Å². The number of carbonyl (C=O) groups is 1. The molecular weight excluding hydrogens is 360 g/mol. The van der Waals surface area contributed by atoms with E-state index in [1.807, 2.05) is 56.3 Å². The molecule has 0 aliphatic carbocycles. The van der Waals surface area contributed by atoms with E-state index in [2.05, 4.69) is 10.6 Å². The van der Waals surface area contributed by atoms with Crippen molar-refractivity contribution in [2.75, 3.05) is 5.32 Å². The number of amides is 1. The first-order valence-electron chi connectivity index (χ1n) is 8.46. The standard InChI is InChI=1S/C21H20N2O3S/c1-13-5-3-4-6-18(13)20(25)23-21(27)22-15-7-9-17(14(2)11-15)19-10-8-16(12-24)26-19/h3-11,24H,12H2,1-2H3,(H2,22,23,25,27). The highest BCUT2D eigenvalue weighted by atomic mass is 32.1. The molecule has 0 saturated heterocycles. The van der Waals surface area contributed by atoms with E-state index in [9.17, 15) is 4.79 Å². The number of aliphatic hydroxyl groups is 1. The van der Waals surface area contributed by atoms with Crippen LogP contribution < -0.4 is 10.6 Å². The second-order valence-electron chi connectivity index (χ2n) is 6.18. The van der Waals surface area contributed by atoms with Crippen LogP contribution in [0.3, 0.4) is 0 Å². The van der Waals surface area contributed by atoms with Gasteiger partial charge in [0, 0.05) is 16.8 Å². The summed E-state index contributed by atoms with van der Waals surface area (Å²) in [5.41, 5.74) is 4.15. The first-order chi connectivity index (χ1) is 13.0. The van der Waals surface area contributed by atoms with Crippen LogP contribution in [-0.2, 0) is 6.61 Å². The molecule has 6 heteroatoms. The zero-order valence-corrected chi connectivity index (χ0v) is 15.9. The molecule has 27 heavy (non-hydrogen) atoms. The van der Waals surface area contributed by atoms with Gasteiger partial charge in [-0.1, -0.05) is 18.2 Å². The number of thiocarbonyl (C=S) groups is 1. The molecule has 0 unspecified atom stereocenters. The molecule has 3 aromatic rings. The summed E-state index contributed by atoms with van der Waals surface area (Å²) in [5, 5.41) is 15.1. The minimum absolute atomic E-state index is 0.131. The highest BCUT2D eigenvalue weighted by Crippen LogP contribution is 2.27. The molecule has 0 saturated carbocycles. The van der Waals surface area contributed by atoms with Crippen LogP contribution in [0.2, 0.25) is 0 Å². The zero-order chi connectivity index (χ0) is 19.4. The first kappa shape index (κ1) is 18.8. The van der Waals surface area contributed by atoms with Gasteiger partial charge in [-0.2, -0.15) is 0 Å². The number of hydrogen-bond donors (Lipinski definition) is 3. The smallest absolute Gasteiger partial charge is 0.257 e. The normalized spacial score (nSPS) is 10.5. The fourth-order valence-electron chi connectivity index (χ4n) is 2.79. The number of benzene rings is 2. The van der Waals surface area contributed by atoms with E-state index in [0.29, 0.717) is 17.1 Å².